The number of aryl methyl sites for hydroxylation is 1. The highest BCUT2D eigenvalue weighted by atomic mass is 35.5. The highest BCUT2D eigenvalue weighted by Crippen LogP contribution is 2.28. The van der Waals surface area contributed by atoms with Gasteiger partial charge in [0.15, 0.2) is 0 Å². The molecule has 0 aliphatic rings. The summed E-state index contributed by atoms with van der Waals surface area (Å²) in [6.45, 7) is 7.78. The molecule has 0 radical (unpaired) electrons. The standard InChI is InChI=1S/C12H17ClN2O2/c1-8-7-14-9(5-10(8)15(16)17)6-11(13)12(2,3)4/h5,7,11H,6H2,1-4H3. The van der Waals surface area contributed by atoms with Crippen LogP contribution < -0.4 is 0 Å². The molecule has 1 rings (SSSR count). The van der Waals surface area contributed by atoms with E-state index in [1.165, 1.54) is 12.3 Å². The van der Waals surface area contributed by atoms with Gasteiger partial charge in [-0.1, -0.05) is 20.8 Å². The van der Waals surface area contributed by atoms with Crippen LogP contribution in [0.3, 0.4) is 0 Å². The molecular weight excluding hydrogens is 240 g/mol. The van der Waals surface area contributed by atoms with Crippen molar-refractivity contribution in [1.82, 2.24) is 4.98 Å². The zero-order chi connectivity index (χ0) is 13.2. The van der Waals surface area contributed by atoms with Gasteiger partial charge in [0.25, 0.3) is 5.69 Å². The molecule has 0 aliphatic carbocycles. The molecule has 0 saturated heterocycles. The number of pyridine rings is 1. The minimum Gasteiger partial charge on any atom is -0.260 e. The van der Waals surface area contributed by atoms with Gasteiger partial charge in [0.05, 0.1) is 4.92 Å². The Kier molecular flexibility index (Phi) is 4.09. The number of rotatable bonds is 3. The first-order valence-electron chi connectivity index (χ1n) is 5.46. The number of nitrogens with zero attached hydrogens (tertiary/aromatic N) is 2. The van der Waals surface area contributed by atoms with Crippen LogP contribution in [0.1, 0.15) is 32.0 Å². The SMILES string of the molecule is Cc1cnc(CC(Cl)C(C)(C)C)cc1[N+](=O)[O-]. The molecule has 0 fully saturated rings. The van der Waals surface area contributed by atoms with Crippen molar-refractivity contribution < 1.29 is 4.92 Å². The summed E-state index contributed by atoms with van der Waals surface area (Å²) in [6.07, 6.45) is 2.06. The number of hydrogen-bond donors (Lipinski definition) is 0. The molecule has 1 atom stereocenters. The third-order valence-corrected chi connectivity index (χ3v) is 3.47. The molecule has 0 aromatic carbocycles. The fourth-order valence-corrected chi connectivity index (χ4v) is 1.51. The zero-order valence-electron chi connectivity index (χ0n) is 10.5. The van der Waals surface area contributed by atoms with Gasteiger partial charge in [-0.15, -0.1) is 11.6 Å². The number of halogens is 1. The predicted octanol–water partition coefficient (Wildman–Crippen LogP) is 3.49. The first-order chi connectivity index (χ1) is 7.71. The highest BCUT2D eigenvalue weighted by Gasteiger charge is 2.24. The van der Waals surface area contributed by atoms with E-state index in [2.05, 4.69) is 4.98 Å². The number of alkyl halides is 1. The fraction of sp³-hybridized carbons (Fsp3) is 0.583. The predicted molar refractivity (Wildman–Crippen MR) is 68.4 cm³/mol. The van der Waals surface area contributed by atoms with Crippen LogP contribution in [0.2, 0.25) is 0 Å². The molecule has 0 saturated carbocycles. The van der Waals surface area contributed by atoms with E-state index in [9.17, 15) is 10.1 Å². The van der Waals surface area contributed by atoms with Crippen LogP contribution >= 0.6 is 11.6 Å². The van der Waals surface area contributed by atoms with Crippen molar-refractivity contribution in [2.75, 3.05) is 0 Å². The van der Waals surface area contributed by atoms with Gasteiger partial charge < -0.3 is 0 Å². The maximum Gasteiger partial charge on any atom is 0.275 e. The van der Waals surface area contributed by atoms with Crippen LogP contribution in [0.15, 0.2) is 12.3 Å². The Bertz CT molecular complexity index is 427. The molecule has 1 heterocycles. The first-order valence-corrected chi connectivity index (χ1v) is 5.89. The van der Waals surface area contributed by atoms with Crippen molar-refractivity contribution in [3.8, 4) is 0 Å². The molecule has 1 aromatic heterocycles. The third-order valence-electron chi connectivity index (χ3n) is 2.66. The van der Waals surface area contributed by atoms with Gasteiger partial charge in [-0.05, 0) is 12.3 Å². The summed E-state index contributed by atoms with van der Waals surface area (Å²) in [5.74, 6) is 0. The first kappa shape index (κ1) is 13.9. The Morgan fingerprint density at radius 2 is 2.12 bits per heavy atom. The van der Waals surface area contributed by atoms with Crippen molar-refractivity contribution in [2.24, 2.45) is 5.41 Å². The quantitative estimate of drug-likeness (QED) is 0.473. The molecular formula is C12H17ClN2O2. The van der Waals surface area contributed by atoms with E-state index in [1.807, 2.05) is 20.8 Å². The van der Waals surface area contributed by atoms with Gasteiger partial charge in [-0.2, -0.15) is 0 Å². The smallest absolute Gasteiger partial charge is 0.260 e. The maximum absolute atomic E-state index is 10.8. The molecule has 4 nitrogen and oxygen atoms in total. The maximum atomic E-state index is 10.8. The summed E-state index contributed by atoms with van der Waals surface area (Å²) in [6, 6.07) is 1.51. The summed E-state index contributed by atoms with van der Waals surface area (Å²) in [5, 5.41) is 10.7. The lowest BCUT2D eigenvalue weighted by Gasteiger charge is -2.24. The molecule has 94 valence electrons. The van der Waals surface area contributed by atoms with E-state index in [1.54, 1.807) is 6.92 Å². The normalized spacial score (nSPS) is 13.5. The Morgan fingerprint density at radius 1 is 1.53 bits per heavy atom. The van der Waals surface area contributed by atoms with Crippen molar-refractivity contribution in [3.05, 3.63) is 33.6 Å². The second kappa shape index (κ2) is 5.00. The number of hydrogen-bond acceptors (Lipinski definition) is 3. The molecule has 17 heavy (non-hydrogen) atoms. The molecule has 1 aromatic rings. The molecule has 0 aliphatic heterocycles. The molecule has 5 heteroatoms. The number of aromatic nitrogens is 1. The van der Waals surface area contributed by atoms with E-state index in [0.29, 0.717) is 17.7 Å². The van der Waals surface area contributed by atoms with Gasteiger partial charge in [0, 0.05) is 35.3 Å². The van der Waals surface area contributed by atoms with Gasteiger partial charge in [0.2, 0.25) is 0 Å². The summed E-state index contributed by atoms with van der Waals surface area (Å²) in [4.78, 5) is 14.6. The highest BCUT2D eigenvalue weighted by molar-refractivity contribution is 6.21. The Balaban J connectivity index is 2.94. The van der Waals surface area contributed by atoms with Gasteiger partial charge in [-0.25, -0.2) is 0 Å². The molecule has 1 unspecified atom stereocenters. The third kappa shape index (κ3) is 3.66. The minimum absolute atomic E-state index is 0.0527. The average Bonchev–Trinajstić information content (AvgIpc) is 2.19. The van der Waals surface area contributed by atoms with Crippen LogP contribution in [-0.2, 0) is 6.42 Å². The van der Waals surface area contributed by atoms with Crippen LogP contribution in [-0.4, -0.2) is 15.3 Å². The largest absolute Gasteiger partial charge is 0.275 e. The summed E-state index contributed by atoms with van der Waals surface area (Å²) in [7, 11) is 0. The zero-order valence-corrected chi connectivity index (χ0v) is 11.3. The van der Waals surface area contributed by atoms with Gasteiger partial charge in [-0.3, -0.25) is 15.1 Å². The van der Waals surface area contributed by atoms with Crippen LogP contribution in [0, 0.1) is 22.5 Å². The van der Waals surface area contributed by atoms with Crippen molar-refractivity contribution >= 4 is 17.3 Å². The second-order valence-electron chi connectivity index (χ2n) is 5.26. The Labute approximate surface area is 106 Å². The summed E-state index contributed by atoms with van der Waals surface area (Å²) in [5.41, 5.74) is 1.29. The van der Waals surface area contributed by atoms with E-state index in [4.69, 9.17) is 11.6 Å². The Morgan fingerprint density at radius 3 is 2.59 bits per heavy atom. The van der Waals surface area contributed by atoms with E-state index in [-0.39, 0.29) is 21.4 Å². The van der Waals surface area contributed by atoms with E-state index in [0.717, 1.165) is 0 Å². The molecule has 0 N–H and O–H groups in total. The van der Waals surface area contributed by atoms with Crippen LogP contribution in [0.25, 0.3) is 0 Å². The van der Waals surface area contributed by atoms with Crippen LogP contribution in [0.4, 0.5) is 5.69 Å². The second-order valence-corrected chi connectivity index (χ2v) is 5.78. The fourth-order valence-electron chi connectivity index (χ4n) is 1.35. The van der Waals surface area contributed by atoms with E-state index < -0.39 is 0 Å². The van der Waals surface area contributed by atoms with Crippen molar-refractivity contribution in [2.45, 2.75) is 39.5 Å². The summed E-state index contributed by atoms with van der Waals surface area (Å²) >= 11 is 6.25. The van der Waals surface area contributed by atoms with Crippen molar-refractivity contribution in [1.29, 1.82) is 0 Å². The minimum atomic E-state index is -0.388. The lowest BCUT2D eigenvalue weighted by atomic mass is 9.89. The Hall–Kier alpha value is -1.16. The van der Waals surface area contributed by atoms with Gasteiger partial charge >= 0.3 is 0 Å². The summed E-state index contributed by atoms with van der Waals surface area (Å²) < 4.78 is 0. The lowest BCUT2D eigenvalue weighted by molar-refractivity contribution is -0.385. The average molecular weight is 257 g/mol. The molecule has 0 spiro atoms. The monoisotopic (exact) mass is 256 g/mol. The van der Waals surface area contributed by atoms with Crippen molar-refractivity contribution in [3.63, 3.8) is 0 Å². The van der Waals surface area contributed by atoms with E-state index >= 15 is 0 Å². The molecule has 0 bridgehead atoms. The number of nitro groups is 1. The molecule has 0 amide bonds. The topological polar surface area (TPSA) is 56.0 Å². The lowest BCUT2D eigenvalue weighted by Crippen LogP contribution is -2.23. The van der Waals surface area contributed by atoms with Gasteiger partial charge in [0.1, 0.15) is 0 Å². The van der Waals surface area contributed by atoms with Crippen LogP contribution in [0.5, 0.6) is 0 Å².